The fourth-order valence-corrected chi connectivity index (χ4v) is 5.19. The van der Waals surface area contributed by atoms with Gasteiger partial charge in [0.1, 0.15) is 24.1 Å². The van der Waals surface area contributed by atoms with Crippen molar-refractivity contribution in [3.63, 3.8) is 0 Å². The van der Waals surface area contributed by atoms with Gasteiger partial charge in [0, 0.05) is 25.2 Å². The van der Waals surface area contributed by atoms with Crippen LogP contribution in [-0.4, -0.2) is 66.2 Å². The maximum absolute atomic E-state index is 13.8. The monoisotopic (exact) mass is 633 g/mol. The fourth-order valence-electron chi connectivity index (χ4n) is 5.19. The Hall–Kier alpha value is -5.84. The molecule has 0 fully saturated rings. The first kappa shape index (κ1) is 32.6. The van der Waals surface area contributed by atoms with Crippen molar-refractivity contribution in [1.29, 1.82) is 0 Å². The molecule has 3 heterocycles. The van der Waals surface area contributed by atoms with Gasteiger partial charge in [0.2, 0.25) is 17.7 Å². The molecule has 11 nitrogen and oxygen atoms in total. The summed E-state index contributed by atoms with van der Waals surface area (Å²) in [5.41, 5.74) is 4.29. The van der Waals surface area contributed by atoms with Crippen molar-refractivity contribution in [3.8, 4) is 16.9 Å². The summed E-state index contributed by atoms with van der Waals surface area (Å²) in [7, 11) is 0. The maximum Gasteiger partial charge on any atom is 0.258 e. The van der Waals surface area contributed by atoms with E-state index in [1.165, 1.54) is 0 Å². The van der Waals surface area contributed by atoms with Crippen LogP contribution in [0.2, 0.25) is 0 Å². The van der Waals surface area contributed by atoms with Gasteiger partial charge in [-0.05, 0) is 58.5 Å². The lowest BCUT2D eigenvalue weighted by molar-refractivity contribution is -0.133. The number of hydrogen-bond acceptors (Lipinski definition) is 7. The molecule has 4 amide bonds. The molecule has 47 heavy (non-hydrogen) atoms. The number of carbonyl (C=O) groups is 5. The number of ether oxygens (including phenoxy) is 1. The molecule has 4 N–H and O–H groups in total. The Balaban J connectivity index is 1.40. The first-order valence-electron chi connectivity index (χ1n) is 15.2. The zero-order valence-electron chi connectivity index (χ0n) is 25.6. The largest absolute Gasteiger partial charge is 0.484 e. The number of hydrogen-bond donors (Lipinski definition) is 4. The zero-order chi connectivity index (χ0) is 33.0. The van der Waals surface area contributed by atoms with E-state index in [1.807, 2.05) is 54.6 Å². The topological polar surface area (TPSA) is 156 Å². The van der Waals surface area contributed by atoms with E-state index in [-0.39, 0.29) is 25.9 Å². The minimum atomic E-state index is -1.09. The minimum Gasteiger partial charge on any atom is -0.484 e. The van der Waals surface area contributed by atoms with Gasteiger partial charge < -0.3 is 30.8 Å². The fraction of sp³-hybridized carbons (Fsp3) is 0.222. The van der Waals surface area contributed by atoms with Crippen molar-refractivity contribution in [1.82, 2.24) is 26.3 Å². The van der Waals surface area contributed by atoms with Crippen LogP contribution in [0.25, 0.3) is 11.1 Å². The van der Waals surface area contributed by atoms with Crippen molar-refractivity contribution in [2.24, 2.45) is 0 Å². The molecule has 3 aromatic carbocycles. The first-order valence-corrected chi connectivity index (χ1v) is 15.2. The molecule has 6 rings (SSSR count). The Kier molecular flexibility index (Phi) is 11.0. The maximum atomic E-state index is 13.8. The third kappa shape index (κ3) is 9.57. The number of aldehydes is 1. The highest BCUT2D eigenvalue weighted by Crippen LogP contribution is 2.20. The van der Waals surface area contributed by atoms with Crippen LogP contribution in [-0.2, 0) is 43.2 Å². The van der Waals surface area contributed by atoms with Crippen LogP contribution in [0.1, 0.15) is 16.7 Å². The third-order valence-corrected chi connectivity index (χ3v) is 7.66. The van der Waals surface area contributed by atoms with Gasteiger partial charge in [-0.2, -0.15) is 0 Å². The van der Waals surface area contributed by atoms with Crippen molar-refractivity contribution in [2.45, 2.75) is 37.4 Å². The van der Waals surface area contributed by atoms with E-state index in [1.54, 1.807) is 48.8 Å². The Morgan fingerprint density at radius 1 is 0.681 bits per heavy atom. The molecule has 0 saturated heterocycles. The van der Waals surface area contributed by atoms with Crippen molar-refractivity contribution < 1.29 is 28.7 Å². The summed E-state index contributed by atoms with van der Waals surface area (Å²) in [4.78, 5) is 68.7. The second-order valence-corrected chi connectivity index (χ2v) is 11.2. The van der Waals surface area contributed by atoms with E-state index in [0.29, 0.717) is 12.0 Å². The van der Waals surface area contributed by atoms with Gasteiger partial charge in [-0.25, -0.2) is 0 Å². The molecular weight excluding hydrogens is 598 g/mol. The number of pyridine rings is 1. The lowest BCUT2D eigenvalue weighted by atomic mass is 9.99. The highest BCUT2D eigenvalue weighted by molar-refractivity contribution is 5.94. The van der Waals surface area contributed by atoms with Gasteiger partial charge in [0.05, 0.1) is 12.6 Å². The van der Waals surface area contributed by atoms with Crippen LogP contribution in [0.3, 0.4) is 0 Å². The molecule has 11 heteroatoms. The molecule has 2 aliphatic heterocycles. The molecule has 4 aromatic rings. The summed E-state index contributed by atoms with van der Waals surface area (Å²) < 4.78 is 5.64. The quantitative estimate of drug-likeness (QED) is 0.187. The average molecular weight is 634 g/mol. The summed E-state index contributed by atoms with van der Waals surface area (Å²) >= 11 is 0. The molecule has 2 aliphatic rings. The van der Waals surface area contributed by atoms with Crippen LogP contribution >= 0.6 is 0 Å². The molecule has 0 unspecified atom stereocenters. The Morgan fingerprint density at radius 2 is 1.32 bits per heavy atom. The molecule has 0 aliphatic carbocycles. The van der Waals surface area contributed by atoms with Crippen LogP contribution in [0.4, 0.5) is 0 Å². The summed E-state index contributed by atoms with van der Waals surface area (Å²) in [5.74, 6) is -1.88. The SMILES string of the molecule is O=C[C@@H]1Cc2ccc(cc2)OCC(=O)N[C@@H](Cc2ccncc2)C(=O)N[C@H](Cc2ccc(-c3ccccc3)cc2)C(=O)NCC(=O)N1. The highest BCUT2D eigenvalue weighted by Gasteiger charge is 2.28. The van der Waals surface area contributed by atoms with Gasteiger partial charge >= 0.3 is 0 Å². The van der Waals surface area contributed by atoms with Crippen molar-refractivity contribution in [2.75, 3.05) is 13.2 Å². The van der Waals surface area contributed by atoms with Crippen LogP contribution < -0.4 is 26.0 Å². The van der Waals surface area contributed by atoms with Gasteiger partial charge in [0.25, 0.3) is 5.91 Å². The van der Waals surface area contributed by atoms with E-state index in [4.69, 9.17) is 4.74 Å². The Bertz CT molecular complexity index is 1680. The lowest BCUT2D eigenvalue weighted by Crippen LogP contribution is -2.56. The number of aromatic nitrogens is 1. The smallest absolute Gasteiger partial charge is 0.258 e. The number of benzene rings is 3. The average Bonchev–Trinajstić information content (AvgIpc) is 3.10. The van der Waals surface area contributed by atoms with E-state index < -0.39 is 48.3 Å². The van der Waals surface area contributed by atoms with Crippen LogP contribution in [0.5, 0.6) is 5.75 Å². The van der Waals surface area contributed by atoms with Crippen molar-refractivity contribution in [3.05, 3.63) is 120 Å². The first-order chi connectivity index (χ1) is 22.9. The molecule has 1 aromatic heterocycles. The van der Waals surface area contributed by atoms with E-state index in [2.05, 4.69) is 26.3 Å². The summed E-state index contributed by atoms with van der Waals surface area (Å²) in [6.07, 6.45) is 4.26. The van der Waals surface area contributed by atoms with Crippen molar-refractivity contribution >= 4 is 29.9 Å². The predicted octanol–water partition coefficient (Wildman–Crippen LogP) is 1.94. The molecule has 240 valence electrons. The standard InChI is InChI=1S/C36H35N5O6/c42-22-29-18-24-8-12-30(13-9-24)47-23-34(44)40-32(20-26-14-16-37-17-15-26)36(46)41-31(35(45)38-21-33(43)39-29)19-25-6-10-28(11-7-25)27-4-2-1-3-5-27/h1-17,22,29,31-32H,18-21,23H2,(H,38,45)(H,39,43)(H,40,44)(H,41,46)/t29-,31+,32-/m0/s1. The Morgan fingerprint density at radius 3 is 2.00 bits per heavy atom. The predicted molar refractivity (Wildman–Crippen MR) is 174 cm³/mol. The molecule has 2 bridgehead atoms. The molecule has 0 radical (unpaired) electrons. The molecule has 0 spiro atoms. The normalized spacial score (nSPS) is 19.4. The van der Waals surface area contributed by atoms with Gasteiger partial charge in [-0.1, -0.05) is 66.7 Å². The number of nitrogens with zero attached hydrogens (tertiary/aromatic N) is 1. The molecule has 3 atom stereocenters. The van der Waals surface area contributed by atoms with Crippen LogP contribution in [0, 0.1) is 0 Å². The van der Waals surface area contributed by atoms with Crippen LogP contribution in [0.15, 0.2) is 103 Å². The number of nitrogens with one attached hydrogen (secondary N) is 4. The molecule has 0 saturated carbocycles. The second kappa shape index (κ2) is 15.9. The van der Waals surface area contributed by atoms with E-state index in [9.17, 15) is 24.0 Å². The summed E-state index contributed by atoms with van der Waals surface area (Å²) in [6.45, 7) is -0.767. The number of carbonyl (C=O) groups excluding carboxylic acids is 5. The van der Waals surface area contributed by atoms with Gasteiger partial charge in [-0.15, -0.1) is 0 Å². The second-order valence-electron chi connectivity index (χ2n) is 11.2. The van der Waals surface area contributed by atoms with E-state index in [0.717, 1.165) is 27.8 Å². The number of rotatable bonds is 6. The lowest BCUT2D eigenvalue weighted by Gasteiger charge is -2.24. The van der Waals surface area contributed by atoms with Gasteiger partial charge in [0.15, 0.2) is 6.61 Å². The highest BCUT2D eigenvalue weighted by atomic mass is 16.5. The van der Waals surface area contributed by atoms with Gasteiger partial charge in [-0.3, -0.25) is 24.2 Å². The van der Waals surface area contributed by atoms with E-state index >= 15 is 0 Å². The number of amides is 4. The Labute approximate surface area is 272 Å². The minimum absolute atomic E-state index is 0.109. The summed E-state index contributed by atoms with van der Waals surface area (Å²) in [6, 6.07) is 24.7. The third-order valence-electron chi connectivity index (χ3n) is 7.66. The zero-order valence-corrected chi connectivity index (χ0v) is 25.6. The number of fused-ring (bicyclic) bond motifs is 16. The molecular formula is C36H35N5O6. The summed E-state index contributed by atoms with van der Waals surface area (Å²) in [5, 5.41) is 10.7.